The lowest BCUT2D eigenvalue weighted by atomic mass is 9.95. The molecule has 7 nitrogen and oxygen atoms in total. The average Bonchev–Trinajstić information content (AvgIpc) is 2.93. The molecule has 1 atom stereocenters. The van der Waals surface area contributed by atoms with Gasteiger partial charge in [0.05, 0.1) is 6.61 Å². The van der Waals surface area contributed by atoms with Crippen molar-refractivity contribution in [1.82, 2.24) is 4.98 Å². The van der Waals surface area contributed by atoms with Crippen LogP contribution in [0.5, 0.6) is 0 Å². The molecule has 0 aliphatic rings. The van der Waals surface area contributed by atoms with Gasteiger partial charge in [-0.3, -0.25) is 4.52 Å². The maximum Gasteiger partial charge on any atom is 0.469 e. The molecule has 0 aliphatic heterocycles. The molecule has 140 valence electrons. The Hall–Kier alpha value is -1.24. The number of phosphoric acid groups is 1. The van der Waals surface area contributed by atoms with Crippen molar-refractivity contribution in [2.24, 2.45) is 5.73 Å². The smallest absolute Gasteiger partial charge is 0.441 e. The third kappa shape index (κ3) is 6.88. The highest BCUT2D eigenvalue weighted by Gasteiger charge is 2.24. The summed E-state index contributed by atoms with van der Waals surface area (Å²) in [5.74, 6) is 0.763. The minimum absolute atomic E-state index is 0.203. The molecular formula is C17H27N2O5P. The van der Waals surface area contributed by atoms with E-state index in [1.165, 1.54) is 0 Å². The molecule has 1 aromatic carbocycles. The second kappa shape index (κ2) is 8.43. The molecule has 0 unspecified atom stereocenters. The SMILES string of the molecule is CCCCCc1nc2cc(CC[C@@](C)(N)COP(=O)(O)O)ccc2o1. The molecule has 8 heteroatoms. The zero-order valence-electron chi connectivity index (χ0n) is 14.8. The van der Waals surface area contributed by atoms with Crippen LogP contribution in [0.3, 0.4) is 0 Å². The van der Waals surface area contributed by atoms with E-state index in [1.54, 1.807) is 6.92 Å². The molecule has 0 amide bonds. The molecule has 0 saturated carbocycles. The summed E-state index contributed by atoms with van der Waals surface area (Å²) in [6, 6.07) is 5.84. The Morgan fingerprint density at radius 2 is 2.08 bits per heavy atom. The number of nitrogens with zero attached hydrogens (tertiary/aromatic N) is 1. The van der Waals surface area contributed by atoms with Gasteiger partial charge in [0, 0.05) is 12.0 Å². The van der Waals surface area contributed by atoms with Crippen molar-refractivity contribution in [3.63, 3.8) is 0 Å². The van der Waals surface area contributed by atoms with Crippen molar-refractivity contribution in [2.45, 2.75) is 57.9 Å². The quantitative estimate of drug-likeness (QED) is 0.433. The number of hydrogen-bond acceptors (Lipinski definition) is 5. The van der Waals surface area contributed by atoms with Crippen LogP contribution in [-0.4, -0.2) is 26.9 Å². The summed E-state index contributed by atoms with van der Waals surface area (Å²) < 4.78 is 21.1. The van der Waals surface area contributed by atoms with Gasteiger partial charge >= 0.3 is 7.82 Å². The average molecular weight is 370 g/mol. The fraction of sp³-hybridized carbons (Fsp3) is 0.588. The maximum absolute atomic E-state index is 10.8. The molecule has 0 spiro atoms. The number of aromatic nitrogens is 1. The minimum atomic E-state index is -4.50. The molecule has 0 saturated heterocycles. The predicted octanol–water partition coefficient (Wildman–Crippen LogP) is 3.32. The lowest BCUT2D eigenvalue weighted by molar-refractivity contribution is 0.154. The standard InChI is InChI=1S/C17H27N2O5P/c1-3-4-5-6-16-19-14-11-13(7-8-15(14)24-16)9-10-17(2,18)12-23-25(20,21)22/h7-8,11H,3-6,9-10,12,18H2,1-2H3,(H2,20,21,22)/t17-/m1/s1. The topological polar surface area (TPSA) is 119 Å². The van der Waals surface area contributed by atoms with Crippen LogP contribution in [0.15, 0.2) is 22.6 Å². The third-order valence-electron chi connectivity index (χ3n) is 4.04. The lowest BCUT2D eigenvalue weighted by Gasteiger charge is -2.24. The van der Waals surface area contributed by atoms with Crippen molar-refractivity contribution in [1.29, 1.82) is 0 Å². The Morgan fingerprint density at radius 3 is 2.76 bits per heavy atom. The van der Waals surface area contributed by atoms with E-state index >= 15 is 0 Å². The second-order valence-electron chi connectivity index (χ2n) is 6.78. The number of benzene rings is 1. The number of fused-ring (bicyclic) bond motifs is 1. The first-order valence-corrected chi connectivity index (χ1v) is 10.1. The number of rotatable bonds is 10. The Morgan fingerprint density at radius 1 is 1.32 bits per heavy atom. The van der Waals surface area contributed by atoms with Gasteiger partial charge in [-0.25, -0.2) is 9.55 Å². The van der Waals surface area contributed by atoms with Crippen molar-refractivity contribution >= 4 is 18.9 Å². The number of nitrogens with two attached hydrogens (primary N) is 1. The fourth-order valence-corrected chi connectivity index (χ4v) is 3.01. The lowest BCUT2D eigenvalue weighted by Crippen LogP contribution is -2.41. The normalized spacial score (nSPS) is 14.8. The van der Waals surface area contributed by atoms with Crippen LogP contribution >= 0.6 is 7.82 Å². The zero-order valence-corrected chi connectivity index (χ0v) is 15.7. The number of unbranched alkanes of at least 4 members (excludes halogenated alkanes) is 2. The summed E-state index contributed by atoms with van der Waals surface area (Å²) >= 11 is 0. The van der Waals surface area contributed by atoms with Crippen LogP contribution in [0, 0.1) is 0 Å². The highest BCUT2D eigenvalue weighted by atomic mass is 31.2. The first-order chi connectivity index (χ1) is 11.7. The fourth-order valence-electron chi connectivity index (χ4n) is 2.54. The molecule has 2 rings (SSSR count). The van der Waals surface area contributed by atoms with E-state index in [2.05, 4.69) is 16.4 Å². The number of phosphoric ester groups is 1. The van der Waals surface area contributed by atoms with Gasteiger partial charge in [-0.05, 0) is 43.9 Å². The van der Waals surface area contributed by atoms with Crippen LogP contribution in [0.4, 0.5) is 0 Å². The Kier molecular flexibility index (Phi) is 6.77. The summed E-state index contributed by atoms with van der Waals surface area (Å²) in [6.45, 7) is 3.67. The van der Waals surface area contributed by atoms with Crippen LogP contribution in [0.2, 0.25) is 0 Å². The molecule has 4 N–H and O–H groups in total. The van der Waals surface area contributed by atoms with Crippen molar-refractivity contribution in [2.75, 3.05) is 6.61 Å². The monoisotopic (exact) mass is 370 g/mol. The number of hydrogen-bond donors (Lipinski definition) is 3. The predicted molar refractivity (Wildman–Crippen MR) is 96.1 cm³/mol. The zero-order chi connectivity index (χ0) is 18.5. The molecule has 25 heavy (non-hydrogen) atoms. The summed E-state index contributed by atoms with van der Waals surface area (Å²) in [6.07, 6.45) is 5.43. The largest absolute Gasteiger partial charge is 0.469 e. The van der Waals surface area contributed by atoms with E-state index in [4.69, 9.17) is 19.9 Å². The van der Waals surface area contributed by atoms with E-state index in [1.807, 2.05) is 18.2 Å². The van der Waals surface area contributed by atoms with E-state index < -0.39 is 13.4 Å². The summed E-state index contributed by atoms with van der Waals surface area (Å²) in [7, 11) is -4.50. The third-order valence-corrected chi connectivity index (χ3v) is 4.50. The molecule has 0 bridgehead atoms. The van der Waals surface area contributed by atoms with Crippen molar-refractivity contribution in [3.05, 3.63) is 29.7 Å². The van der Waals surface area contributed by atoms with E-state index in [0.29, 0.717) is 12.8 Å². The van der Waals surface area contributed by atoms with Crippen LogP contribution < -0.4 is 5.73 Å². The van der Waals surface area contributed by atoms with Gasteiger partial charge in [-0.2, -0.15) is 0 Å². The van der Waals surface area contributed by atoms with Crippen LogP contribution in [0.25, 0.3) is 11.1 Å². The highest BCUT2D eigenvalue weighted by molar-refractivity contribution is 7.46. The molecule has 1 aromatic heterocycles. The molecule has 0 aliphatic carbocycles. The molecule has 1 heterocycles. The van der Waals surface area contributed by atoms with Crippen molar-refractivity contribution in [3.8, 4) is 0 Å². The first kappa shape index (κ1) is 20.1. The van der Waals surface area contributed by atoms with Gasteiger partial charge in [-0.15, -0.1) is 0 Å². The van der Waals surface area contributed by atoms with Gasteiger partial charge < -0.3 is 19.9 Å². The van der Waals surface area contributed by atoms with E-state index in [-0.39, 0.29) is 6.61 Å². The number of aryl methyl sites for hydroxylation is 2. The van der Waals surface area contributed by atoms with E-state index in [0.717, 1.165) is 48.2 Å². The Bertz CT molecular complexity index is 738. The van der Waals surface area contributed by atoms with Gasteiger partial charge in [0.1, 0.15) is 5.52 Å². The van der Waals surface area contributed by atoms with Gasteiger partial charge in [0.25, 0.3) is 0 Å². The van der Waals surface area contributed by atoms with Gasteiger partial charge in [0.15, 0.2) is 11.5 Å². The Labute approximate surface area is 147 Å². The molecule has 0 radical (unpaired) electrons. The molecule has 0 fully saturated rings. The number of oxazole rings is 1. The first-order valence-electron chi connectivity index (χ1n) is 8.56. The van der Waals surface area contributed by atoms with Gasteiger partial charge in [-0.1, -0.05) is 25.8 Å². The molecular weight excluding hydrogens is 343 g/mol. The maximum atomic E-state index is 10.8. The van der Waals surface area contributed by atoms with Gasteiger partial charge in [0.2, 0.25) is 0 Å². The van der Waals surface area contributed by atoms with Crippen LogP contribution in [-0.2, 0) is 21.9 Å². The van der Waals surface area contributed by atoms with Crippen molar-refractivity contribution < 1.29 is 23.3 Å². The highest BCUT2D eigenvalue weighted by Crippen LogP contribution is 2.36. The second-order valence-corrected chi connectivity index (χ2v) is 8.02. The summed E-state index contributed by atoms with van der Waals surface area (Å²) in [5.41, 5.74) is 7.88. The van der Waals surface area contributed by atoms with E-state index in [9.17, 15) is 4.57 Å². The molecule has 2 aromatic rings. The van der Waals surface area contributed by atoms with Crippen LogP contribution in [0.1, 0.15) is 51.0 Å². The summed E-state index contributed by atoms with van der Waals surface area (Å²) in [5, 5.41) is 0. The minimum Gasteiger partial charge on any atom is -0.441 e. The summed E-state index contributed by atoms with van der Waals surface area (Å²) in [4.78, 5) is 22.1. The Balaban J connectivity index is 1.95.